The minimum Gasteiger partial charge on any atom is -0.469 e. The summed E-state index contributed by atoms with van der Waals surface area (Å²) < 4.78 is 45.1. The van der Waals surface area contributed by atoms with Crippen LogP contribution in [0.1, 0.15) is 28.1 Å². The van der Waals surface area contributed by atoms with Gasteiger partial charge in [0, 0.05) is 28.7 Å². The number of ether oxygens (including phenoxy) is 1. The lowest BCUT2D eigenvalue weighted by Gasteiger charge is -2.22. The molecule has 0 saturated carbocycles. The van der Waals surface area contributed by atoms with Crippen LogP contribution in [0.25, 0.3) is 11.1 Å². The van der Waals surface area contributed by atoms with Crippen molar-refractivity contribution in [1.82, 2.24) is 9.97 Å². The number of aromatic nitrogens is 2. The summed E-state index contributed by atoms with van der Waals surface area (Å²) in [7, 11) is 0. The first-order valence-corrected chi connectivity index (χ1v) is 10.8. The van der Waals surface area contributed by atoms with Crippen LogP contribution in [0.2, 0.25) is 5.02 Å². The molecule has 1 N–H and O–H groups in total. The average molecular weight is 498 g/mol. The van der Waals surface area contributed by atoms with Crippen molar-refractivity contribution in [3.8, 4) is 0 Å². The lowest BCUT2D eigenvalue weighted by molar-refractivity contribution is -0.697. The molecule has 1 aromatic carbocycles. The number of nitrogens with one attached hydrogen (secondary N) is 1. The number of amidine groups is 1. The Morgan fingerprint density at radius 3 is 2.34 bits per heavy atom. The number of alkyl halides is 3. The van der Waals surface area contributed by atoms with Crippen molar-refractivity contribution in [2.45, 2.75) is 19.7 Å². The Hall–Kier alpha value is -3.89. The van der Waals surface area contributed by atoms with Gasteiger partial charge < -0.3 is 4.74 Å². The number of rotatable bonds is 4. The SMILES string of the molecule is Cc1nc(C(F)(F)F)ccc1COC1=N[NH+]2C=NN=C2C(c2ccc(Cl)cc2)=C1c1ccncc1. The number of nitrogens with zero attached hydrogens (tertiary/aromatic N) is 5. The highest BCUT2D eigenvalue weighted by Gasteiger charge is 2.38. The number of quaternary nitrogens is 1. The molecule has 4 heterocycles. The third kappa shape index (κ3) is 4.58. The van der Waals surface area contributed by atoms with Crippen molar-refractivity contribution in [2.75, 3.05) is 0 Å². The van der Waals surface area contributed by atoms with Gasteiger partial charge in [-0.2, -0.15) is 13.2 Å². The van der Waals surface area contributed by atoms with E-state index in [0.717, 1.165) is 22.8 Å². The summed E-state index contributed by atoms with van der Waals surface area (Å²) in [4.78, 5) is 7.78. The first kappa shape index (κ1) is 22.9. The Labute approximate surface area is 203 Å². The Morgan fingerprint density at radius 1 is 0.943 bits per heavy atom. The van der Waals surface area contributed by atoms with Crippen molar-refractivity contribution < 1.29 is 22.9 Å². The van der Waals surface area contributed by atoms with E-state index in [1.807, 2.05) is 24.3 Å². The lowest BCUT2D eigenvalue weighted by atomic mass is 9.93. The van der Waals surface area contributed by atoms with Crippen molar-refractivity contribution in [1.29, 1.82) is 0 Å². The van der Waals surface area contributed by atoms with Crippen LogP contribution in [0.15, 0.2) is 76.2 Å². The third-order valence-corrected chi connectivity index (χ3v) is 5.71. The first-order valence-electron chi connectivity index (χ1n) is 10.5. The molecule has 1 atom stereocenters. The molecule has 0 aliphatic carbocycles. The second kappa shape index (κ2) is 9.05. The van der Waals surface area contributed by atoms with Gasteiger partial charge in [-0.25, -0.2) is 4.98 Å². The van der Waals surface area contributed by atoms with E-state index in [-0.39, 0.29) is 18.2 Å². The molecule has 176 valence electrons. The van der Waals surface area contributed by atoms with E-state index >= 15 is 0 Å². The maximum absolute atomic E-state index is 13.0. The topological polar surface area (TPSA) is 76.5 Å². The predicted molar refractivity (Wildman–Crippen MR) is 126 cm³/mol. The van der Waals surface area contributed by atoms with Gasteiger partial charge in [-0.3, -0.25) is 4.98 Å². The molecule has 0 amide bonds. The van der Waals surface area contributed by atoms with Crippen LogP contribution >= 0.6 is 11.6 Å². The molecule has 0 saturated heterocycles. The summed E-state index contributed by atoms with van der Waals surface area (Å²) >= 11 is 6.11. The molecule has 0 fully saturated rings. The van der Waals surface area contributed by atoms with Gasteiger partial charge in [0.25, 0.3) is 11.7 Å². The molecule has 0 bridgehead atoms. The minimum absolute atomic E-state index is 0.0326. The van der Waals surface area contributed by atoms with Gasteiger partial charge in [-0.15, -0.1) is 5.01 Å². The molecule has 0 spiro atoms. The van der Waals surface area contributed by atoms with Crippen LogP contribution in [0.3, 0.4) is 0 Å². The largest absolute Gasteiger partial charge is 0.469 e. The molecule has 3 aromatic rings. The van der Waals surface area contributed by atoms with E-state index in [1.54, 1.807) is 24.5 Å². The van der Waals surface area contributed by atoms with E-state index in [4.69, 9.17) is 16.3 Å². The van der Waals surface area contributed by atoms with Crippen LogP contribution in [0, 0.1) is 6.92 Å². The summed E-state index contributed by atoms with van der Waals surface area (Å²) in [6.45, 7) is 1.48. The van der Waals surface area contributed by atoms with Crippen LogP contribution in [0.4, 0.5) is 13.2 Å². The average Bonchev–Trinajstić information content (AvgIpc) is 3.31. The van der Waals surface area contributed by atoms with E-state index < -0.39 is 11.9 Å². The van der Waals surface area contributed by atoms with Crippen molar-refractivity contribution >= 4 is 40.8 Å². The normalized spacial score (nSPS) is 17.2. The quantitative estimate of drug-likeness (QED) is 0.588. The molecule has 0 radical (unpaired) electrons. The lowest BCUT2D eigenvalue weighted by Crippen LogP contribution is -3.09. The Morgan fingerprint density at radius 2 is 1.66 bits per heavy atom. The zero-order chi connectivity index (χ0) is 24.6. The summed E-state index contributed by atoms with van der Waals surface area (Å²) in [6.07, 6.45) is 0.310. The predicted octanol–water partition coefficient (Wildman–Crippen LogP) is 4.15. The molecule has 7 nitrogen and oxygen atoms in total. The fourth-order valence-electron chi connectivity index (χ4n) is 3.74. The van der Waals surface area contributed by atoms with E-state index in [0.29, 0.717) is 27.0 Å². The molecule has 1 unspecified atom stereocenters. The smallest absolute Gasteiger partial charge is 0.433 e. The number of aryl methyl sites for hydroxylation is 1. The molecular formula is C24H17ClF3N6O+. The Balaban J connectivity index is 1.57. The van der Waals surface area contributed by atoms with Gasteiger partial charge in [0.1, 0.15) is 12.3 Å². The molecule has 2 aliphatic heterocycles. The maximum Gasteiger partial charge on any atom is 0.433 e. The second-order valence-electron chi connectivity index (χ2n) is 7.72. The maximum atomic E-state index is 13.0. The van der Waals surface area contributed by atoms with Gasteiger partial charge in [-0.05, 0) is 53.5 Å². The molecule has 11 heteroatoms. The van der Waals surface area contributed by atoms with Gasteiger partial charge in [0.05, 0.1) is 11.1 Å². The highest BCUT2D eigenvalue weighted by molar-refractivity contribution is 6.41. The second-order valence-corrected chi connectivity index (χ2v) is 8.15. The Bertz CT molecular complexity index is 1400. The number of fused-ring (bicyclic) bond motifs is 1. The van der Waals surface area contributed by atoms with Gasteiger partial charge in [0.2, 0.25) is 6.34 Å². The van der Waals surface area contributed by atoms with Gasteiger partial charge in [0.15, 0.2) is 0 Å². The standard InChI is InChI=1S/C24H16ClF3N6O/c1-14-17(4-7-19(31-14)24(26,27)28)12-35-23-21(16-8-10-29-11-9-16)20(15-2-5-18(25)6-3-15)22-32-30-13-34(22)33-23/h2-11,13H,12H2,1H3/p+1. The highest BCUT2D eigenvalue weighted by Crippen LogP contribution is 2.32. The summed E-state index contributed by atoms with van der Waals surface area (Å²) in [5.41, 5.74) is 2.78. The minimum atomic E-state index is -4.52. The zero-order valence-corrected chi connectivity index (χ0v) is 19.0. The van der Waals surface area contributed by atoms with Crippen LogP contribution < -0.4 is 5.01 Å². The molecule has 2 aromatic heterocycles. The van der Waals surface area contributed by atoms with E-state index in [2.05, 4.69) is 25.3 Å². The first-order chi connectivity index (χ1) is 16.8. The van der Waals surface area contributed by atoms with Gasteiger partial charge in [-0.1, -0.05) is 40.0 Å². The summed E-state index contributed by atoms with van der Waals surface area (Å²) in [6, 6.07) is 13.2. The third-order valence-electron chi connectivity index (χ3n) is 5.46. The highest BCUT2D eigenvalue weighted by atomic mass is 35.5. The fourth-order valence-corrected chi connectivity index (χ4v) is 3.87. The monoisotopic (exact) mass is 497 g/mol. The molecule has 35 heavy (non-hydrogen) atoms. The van der Waals surface area contributed by atoms with Crippen molar-refractivity contribution in [3.63, 3.8) is 0 Å². The number of benzene rings is 1. The number of pyridine rings is 2. The van der Waals surface area contributed by atoms with E-state index in [9.17, 15) is 13.2 Å². The molecular weight excluding hydrogens is 481 g/mol. The van der Waals surface area contributed by atoms with Crippen LogP contribution in [0.5, 0.6) is 0 Å². The fraction of sp³-hybridized carbons (Fsp3) is 0.125. The van der Waals surface area contributed by atoms with Crippen LogP contribution in [-0.4, -0.2) is 28.0 Å². The Kier molecular flexibility index (Phi) is 5.91. The number of hydrogen-bond acceptors (Lipinski definition) is 6. The van der Waals surface area contributed by atoms with Gasteiger partial charge >= 0.3 is 6.18 Å². The van der Waals surface area contributed by atoms with Crippen LogP contribution in [-0.2, 0) is 17.5 Å². The van der Waals surface area contributed by atoms with Crippen molar-refractivity contribution in [3.05, 3.63) is 94.0 Å². The van der Waals surface area contributed by atoms with Crippen molar-refractivity contribution in [2.24, 2.45) is 15.3 Å². The summed E-state index contributed by atoms with van der Waals surface area (Å²) in [5.74, 6) is 0.863. The number of halogens is 4. The molecule has 2 aliphatic rings. The summed E-state index contributed by atoms with van der Waals surface area (Å²) in [5, 5.41) is 14.0. The van der Waals surface area contributed by atoms with E-state index in [1.165, 1.54) is 19.3 Å². The number of hydrogen-bond donors (Lipinski definition) is 1. The zero-order valence-electron chi connectivity index (χ0n) is 18.2. The molecule has 5 rings (SSSR count).